The molecule has 2 unspecified atom stereocenters. The minimum absolute atomic E-state index is 0.288. The van der Waals surface area contributed by atoms with E-state index < -0.39 is 12.2 Å². The molecule has 5 N–H and O–H groups in total. The highest BCUT2D eigenvalue weighted by atomic mass is 16.3. The second-order valence-corrected chi connectivity index (χ2v) is 5.49. The molecule has 9 nitrogen and oxygen atoms in total. The lowest BCUT2D eigenvalue weighted by Crippen LogP contribution is -2.33. The number of hydrogen-bond acceptors (Lipinski definition) is 9. The Morgan fingerprint density at radius 2 is 1.48 bits per heavy atom. The summed E-state index contributed by atoms with van der Waals surface area (Å²) in [6, 6.07) is 0. The molecule has 21 heavy (non-hydrogen) atoms. The van der Waals surface area contributed by atoms with Crippen molar-refractivity contribution in [2.24, 2.45) is 5.84 Å². The Morgan fingerprint density at radius 1 is 0.905 bits per heavy atom. The number of rotatable bonds is 3. The van der Waals surface area contributed by atoms with Crippen molar-refractivity contribution in [1.82, 2.24) is 15.0 Å². The van der Waals surface area contributed by atoms with Gasteiger partial charge in [-0.15, -0.1) is 0 Å². The molecule has 1 aromatic heterocycles. The van der Waals surface area contributed by atoms with Crippen LogP contribution in [0.25, 0.3) is 0 Å². The Balaban J connectivity index is 1.86. The maximum Gasteiger partial charge on any atom is 0.243 e. The number of aliphatic hydroxyl groups excluding tert-OH is 2. The fraction of sp³-hybridized carbons (Fsp3) is 0.750. The molecule has 0 amide bonds. The van der Waals surface area contributed by atoms with Crippen molar-refractivity contribution in [3.63, 3.8) is 0 Å². The lowest BCUT2D eigenvalue weighted by Gasteiger charge is -2.27. The SMILES string of the molecule is NNc1nc(N2CCCCC2)nc(N2CC(O)C(O)C2)n1. The zero-order valence-electron chi connectivity index (χ0n) is 11.8. The molecule has 0 bridgehead atoms. The summed E-state index contributed by atoms with van der Waals surface area (Å²) in [7, 11) is 0. The fourth-order valence-corrected chi connectivity index (χ4v) is 2.73. The van der Waals surface area contributed by atoms with Gasteiger partial charge in [-0.3, -0.25) is 5.43 Å². The molecule has 2 atom stereocenters. The molecule has 0 radical (unpaired) electrons. The van der Waals surface area contributed by atoms with E-state index in [2.05, 4.69) is 25.3 Å². The molecule has 2 aliphatic heterocycles. The van der Waals surface area contributed by atoms with Crippen molar-refractivity contribution in [2.75, 3.05) is 41.4 Å². The number of nitrogen functional groups attached to an aromatic ring is 1. The molecule has 0 saturated carbocycles. The van der Waals surface area contributed by atoms with Crippen LogP contribution in [0.5, 0.6) is 0 Å². The van der Waals surface area contributed by atoms with Gasteiger partial charge < -0.3 is 20.0 Å². The normalized spacial score (nSPS) is 26.2. The van der Waals surface area contributed by atoms with E-state index in [0.717, 1.165) is 25.9 Å². The first kappa shape index (κ1) is 14.2. The highest BCUT2D eigenvalue weighted by molar-refractivity contribution is 5.46. The molecule has 2 saturated heterocycles. The number of piperidine rings is 1. The van der Waals surface area contributed by atoms with E-state index in [1.165, 1.54) is 6.42 Å². The standard InChI is InChI=1S/C12H21N7O2/c13-17-10-14-11(18-4-2-1-3-5-18)16-12(15-10)19-6-8(20)9(21)7-19/h8-9,20-21H,1-7,13H2,(H,14,15,16,17). The Bertz CT molecular complexity index is 484. The summed E-state index contributed by atoms with van der Waals surface area (Å²) in [5.41, 5.74) is 2.45. The van der Waals surface area contributed by atoms with Gasteiger partial charge in [-0.25, -0.2) is 5.84 Å². The van der Waals surface area contributed by atoms with E-state index in [1.54, 1.807) is 4.90 Å². The monoisotopic (exact) mass is 295 g/mol. The average Bonchev–Trinajstić information content (AvgIpc) is 2.87. The fourth-order valence-electron chi connectivity index (χ4n) is 2.73. The third-order valence-electron chi connectivity index (χ3n) is 3.92. The molecule has 2 aliphatic rings. The molecule has 1 aromatic rings. The summed E-state index contributed by atoms with van der Waals surface area (Å²) >= 11 is 0. The van der Waals surface area contributed by atoms with E-state index in [0.29, 0.717) is 25.0 Å². The third-order valence-corrected chi connectivity index (χ3v) is 3.92. The number of β-amino-alcohol motifs (C(OH)–C–C–N with tert-alkyl or cyclic N) is 2. The van der Waals surface area contributed by atoms with Gasteiger partial charge in [0.2, 0.25) is 17.8 Å². The summed E-state index contributed by atoms with van der Waals surface area (Å²) in [6.45, 7) is 2.43. The Morgan fingerprint density at radius 3 is 2.05 bits per heavy atom. The van der Waals surface area contributed by atoms with E-state index in [4.69, 9.17) is 5.84 Å². The van der Waals surface area contributed by atoms with E-state index in [9.17, 15) is 10.2 Å². The van der Waals surface area contributed by atoms with Gasteiger partial charge in [0.05, 0.1) is 12.2 Å². The quantitative estimate of drug-likeness (QED) is 0.397. The van der Waals surface area contributed by atoms with E-state index in [1.807, 2.05) is 0 Å². The smallest absolute Gasteiger partial charge is 0.243 e. The first-order valence-electron chi connectivity index (χ1n) is 7.26. The van der Waals surface area contributed by atoms with Crippen molar-refractivity contribution >= 4 is 17.8 Å². The number of nitrogens with two attached hydrogens (primary N) is 1. The average molecular weight is 295 g/mol. The molecule has 3 rings (SSSR count). The first-order valence-corrected chi connectivity index (χ1v) is 7.26. The number of hydrogen-bond donors (Lipinski definition) is 4. The number of nitrogens with zero attached hydrogens (tertiary/aromatic N) is 5. The van der Waals surface area contributed by atoms with Gasteiger partial charge in [-0.2, -0.15) is 15.0 Å². The largest absolute Gasteiger partial charge is 0.388 e. The van der Waals surface area contributed by atoms with Crippen LogP contribution in [0, 0.1) is 0 Å². The summed E-state index contributed by atoms with van der Waals surface area (Å²) < 4.78 is 0. The molecule has 9 heteroatoms. The Labute approximate surface area is 122 Å². The zero-order chi connectivity index (χ0) is 14.8. The lowest BCUT2D eigenvalue weighted by atomic mass is 10.1. The van der Waals surface area contributed by atoms with Crippen LogP contribution in [-0.4, -0.2) is 63.6 Å². The lowest BCUT2D eigenvalue weighted by molar-refractivity contribution is 0.0572. The molecular formula is C12H21N7O2. The predicted octanol–water partition coefficient (Wildman–Crippen LogP) is -1.31. The summed E-state index contributed by atoms with van der Waals surface area (Å²) in [5.74, 6) is 6.73. The van der Waals surface area contributed by atoms with E-state index in [-0.39, 0.29) is 5.95 Å². The van der Waals surface area contributed by atoms with Gasteiger partial charge in [0, 0.05) is 26.2 Å². The third kappa shape index (κ3) is 2.99. The van der Waals surface area contributed by atoms with Crippen LogP contribution >= 0.6 is 0 Å². The number of anilines is 3. The zero-order valence-corrected chi connectivity index (χ0v) is 11.8. The van der Waals surface area contributed by atoms with Crippen molar-refractivity contribution in [3.8, 4) is 0 Å². The van der Waals surface area contributed by atoms with Gasteiger partial charge in [-0.1, -0.05) is 0 Å². The Hall–Kier alpha value is -1.71. The van der Waals surface area contributed by atoms with Crippen LogP contribution in [0.3, 0.4) is 0 Å². The van der Waals surface area contributed by atoms with Crippen molar-refractivity contribution in [1.29, 1.82) is 0 Å². The van der Waals surface area contributed by atoms with Crippen LogP contribution in [0.15, 0.2) is 0 Å². The number of aromatic nitrogens is 3. The van der Waals surface area contributed by atoms with Gasteiger partial charge >= 0.3 is 0 Å². The number of hydrazine groups is 1. The summed E-state index contributed by atoms with van der Waals surface area (Å²) in [6.07, 6.45) is 1.89. The molecule has 0 spiro atoms. The van der Waals surface area contributed by atoms with Crippen LogP contribution in [0.2, 0.25) is 0 Å². The summed E-state index contributed by atoms with van der Waals surface area (Å²) in [5, 5.41) is 19.3. The maximum absolute atomic E-state index is 9.66. The van der Waals surface area contributed by atoms with Crippen molar-refractivity contribution in [2.45, 2.75) is 31.5 Å². The molecule has 0 aromatic carbocycles. The van der Waals surface area contributed by atoms with Gasteiger partial charge in [0.15, 0.2) is 0 Å². The van der Waals surface area contributed by atoms with Crippen LogP contribution in [-0.2, 0) is 0 Å². The summed E-state index contributed by atoms with van der Waals surface area (Å²) in [4.78, 5) is 16.8. The highest BCUT2D eigenvalue weighted by Gasteiger charge is 2.32. The Kier molecular flexibility index (Phi) is 4.04. The molecule has 2 fully saturated rings. The van der Waals surface area contributed by atoms with Crippen LogP contribution in [0.1, 0.15) is 19.3 Å². The van der Waals surface area contributed by atoms with Crippen LogP contribution < -0.4 is 21.1 Å². The first-order chi connectivity index (χ1) is 10.2. The minimum atomic E-state index is -0.783. The van der Waals surface area contributed by atoms with Gasteiger partial charge in [0.1, 0.15) is 0 Å². The molecular weight excluding hydrogens is 274 g/mol. The molecule has 116 valence electrons. The molecule has 0 aliphatic carbocycles. The van der Waals surface area contributed by atoms with Crippen molar-refractivity contribution < 1.29 is 10.2 Å². The second kappa shape index (κ2) is 5.96. The molecule has 3 heterocycles. The van der Waals surface area contributed by atoms with Crippen molar-refractivity contribution in [3.05, 3.63) is 0 Å². The highest BCUT2D eigenvalue weighted by Crippen LogP contribution is 2.22. The van der Waals surface area contributed by atoms with Gasteiger partial charge in [-0.05, 0) is 19.3 Å². The van der Waals surface area contributed by atoms with Gasteiger partial charge in [0.25, 0.3) is 0 Å². The topological polar surface area (TPSA) is 124 Å². The second-order valence-electron chi connectivity index (χ2n) is 5.49. The van der Waals surface area contributed by atoms with Crippen LogP contribution in [0.4, 0.5) is 17.8 Å². The minimum Gasteiger partial charge on any atom is -0.388 e. The number of nitrogens with one attached hydrogen (secondary N) is 1. The maximum atomic E-state index is 9.66. The number of aliphatic hydroxyl groups is 2. The van der Waals surface area contributed by atoms with E-state index >= 15 is 0 Å². The predicted molar refractivity (Wildman–Crippen MR) is 77.9 cm³/mol.